The van der Waals surface area contributed by atoms with Crippen LogP contribution in [0.3, 0.4) is 0 Å². The third-order valence-electron chi connectivity index (χ3n) is 12.4. The molecular formula is C39H56O5. The average molecular weight is 605 g/mol. The second kappa shape index (κ2) is 13.8. The fourth-order valence-corrected chi connectivity index (χ4v) is 10.0. The molecule has 0 radical (unpaired) electrons. The van der Waals surface area contributed by atoms with Crippen molar-refractivity contribution in [2.24, 2.45) is 46.3 Å². The maximum Gasteiger partial charge on any atom is 0.338 e. The van der Waals surface area contributed by atoms with E-state index < -0.39 is 5.97 Å². The molecule has 1 aromatic carbocycles. The van der Waals surface area contributed by atoms with Gasteiger partial charge in [-0.1, -0.05) is 72.1 Å². The minimum absolute atomic E-state index is 0.0646. The first-order chi connectivity index (χ1) is 21.0. The van der Waals surface area contributed by atoms with E-state index in [0.717, 1.165) is 60.8 Å². The van der Waals surface area contributed by atoms with Gasteiger partial charge < -0.3 is 14.2 Å². The van der Waals surface area contributed by atoms with Gasteiger partial charge in [0.05, 0.1) is 5.56 Å². The highest BCUT2D eigenvalue weighted by Crippen LogP contribution is 2.67. The Morgan fingerprint density at radius 1 is 0.977 bits per heavy atom. The summed E-state index contributed by atoms with van der Waals surface area (Å²) < 4.78 is 16.6. The predicted molar refractivity (Wildman–Crippen MR) is 175 cm³/mol. The van der Waals surface area contributed by atoms with E-state index in [1.165, 1.54) is 51.4 Å². The van der Waals surface area contributed by atoms with Crippen LogP contribution in [-0.4, -0.2) is 31.3 Å². The molecule has 4 aliphatic rings. The molecule has 0 N–H and O–H groups in total. The van der Waals surface area contributed by atoms with Crippen LogP contribution in [0.2, 0.25) is 0 Å². The Balaban J connectivity index is 1.15. The molecule has 5 rings (SSSR count). The Kier molecular flexibility index (Phi) is 10.3. The summed E-state index contributed by atoms with van der Waals surface area (Å²) in [6.45, 7) is 16.2. The summed E-state index contributed by atoms with van der Waals surface area (Å²) in [4.78, 5) is 24.2. The lowest BCUT2D eigenvalue weighted by Crippen LogP contribution is -2.51. The Bertz CT molecular complexity index is 1200. The third-order valence-corrected chi connectivity index (χ3v) is 12.4. The second-order valence-corrected chi connectivity index (χ2v) is 15.3. The van der Waals surface area contributed by atoms with E-state index in [1.54, 1.807) is 29.8 Å². The van der Waals surface area contributed by atoms with Crippen LogP contribution in [0.25, 0.3) is 0 Å². The minimum Gasteiger partial charge on any atom is -0.490 e. The molecule has 0 saturated heterocycles. The van der Waals surface area contributed by atoms with E-state index in [-0.39, 0.29) is 30.7 Å². The first-order valence-electron chi connectivity index (χ1n) is 17.5. The summed E-state index contributed by atoms with van der Waals surface area (Å²) in [5.74, 6) is 4.84. The number of esters is 2. The summed E-state index contributed by atoms with van der Waals surface area (Å²) in [7, 11) is 0. The summed E-state index contributed by atoms with van der Waals surface area (Å²) >= 11 is 0. The molecule has 1 aromatic rings. The molecule has 3 saturated carbocycles. The zero-order chi connectivity index (χ0) is 31.5. The first-order valence-corrected chi connectivity index (χ1v) is 17.5. The van der Waals surface area contributed by atoms with Crippen LogP contribution >= 0.6 is 0 Å². The molecular weight excluding hydrogens is 548 g/mol. The van der Waals surface area contributed by atoms with Crippen LogP contribution in [-0.2, 0) is 14.3 Å². The van der Waals surface area contributed by atoms with E-state index in [9.17, 15) is 9.59 Å². The lowest BCUT2D eigenvalue weighted by Gasteiger charge is -2.58. The summed E-state index contributed by atoms with van der Waals surface area (Å²) in [6, 6.07) is 6.99. The van der Waals surface area contributed by atoms with Crippen molar-refractivity contribution in [1.82, 2.24) is 0 Å². The summed E-state index contributed by atoms with van der Waals surface area (Å²) in [5.41, 5.74) is 2.82. The van der Waals surface area contributed by atoms with Gasteiger partial charge in [-0.05, 0) is 116 Å². The number of allylic oxidation sites excluding steroid dienone is 1. The molecule has 5 heteroatoms. The van der Waals surface area contributed by atoms with Crippen LogP contribution in [0.15, 0.2) is 48.6 Å². The van der Waals surface area contributed by atoms with E-state index >= 15 is 0 Å². The number of carbonyl (C=O) groups excluding carboxylic acids is 2. The van der Waals surface area contributed by atoms with Gasteiger partial charge in [0.25, 0.3) is 0 Å². The van der Waals surface area contributed by atoms with Crippen molar-refractivity contribution < 1.29 is 23.8 Å². The van der Waals surface area contributed by atoms with Gasteiger partial charge in [0.2, 0.25) is 0 Å². The maximum absolute atomic E-state index is 13.1. The monoisotopic (exact) mass is 604 g/mol. The van der Waals surface area contributed by atoms with Gasteiger partial charge in [0, 0.05) is 12.5 Å². The van der Waals surface area contributed by atoms with Crippen molar-refractivity contribution in [3.05, 3.63) is 54.1 Å². The molecule has 242 valence electrons. The van der Waals surface area contributed by atoms with Crippen molar-refractivity contribution in [3.63, 3.8) is 0 Å². The highest BCUT2D eigenvalue weighted by atomic mass is 16.6. The molecule has 44 heavy (non-hydrogen) atoms. The lowest BCUT2D eigenvalue weighted by molar-refractivity contribution is -0.138. The number of carbonyl (C=O) groups is 2. The number of ether oxygens (including phenoxy) is 3. The quantitative estimate of drug-likeness (QED) is 0.103. The zero-order valence-electron chi connectivity index (χ0n) is 27.9. The number of fused-ring (bicyclic) bond motifs is 5. The minimum atomic E-state index is -0.472. The lowest BCUT2D eigenvalue weighted by atomic mass is 9.47. The highest BCUT2D eigenvalue weighted by molar-refractivity contribution is 5.89. The molecule has 0 heterocycles. The number of hydrogen-bond donors (Lipinski definition) is 0. The Hall–Kier alpha value is -2.56. The van der Waals surface area contributed by atoms with E-state index in [4.69, 9.17) is 14.2 Å². The van der Waals surface area contributed by atoms with E-state index in [0.29, 0.717) is 16.7 Å². The molecule has 0 amide bonds. The van der Waals surface area contributed by atoms with Crippen molar-refractivity contribution in [2.75, 3.05) is 13.2 Å². The molecule has 0 aliphatic heterocycles. The zero-order valence-corrected chi connectivity index (χ0v) is 27.9. The number of rotatable bonds is 12. The van der Waals surface area contributed by atoms with Crippen LogP contribution < -0.4 is 4.74 Å². The van der Waals surface area contributed by atoms with Gasteiger partial charge in [-0.15, -0.1) is 0 Å². The van der Waals surface area contributed by atoms with Gasteiger partial charge in [-0.25, -0.2) is 9.59 Å². The molecule has 4 aliphatic carbocycles. The predicted octanol–water partition coefficient (Wildman–Crippen LogP) is 9.36. The molecule has 3 fully saturated rings. The summed E-state index contributed by atoms with van der Waals surface area (Å²) in [5, 5.41) is 0. The van der Waals surface area contributed by atoms with E-state index in [2.05, 4.69) is 47.3 Å². The van der Waals surface area contributed by atoms with Gasteiger partial charge in [-0.3, -0.25) is 0 Å². The number of benzene rings is 1. The van der Waals surface area contributed by atoms with Gasteiger partial charge in [-0.2, -0.15) is 0 Å². The van der Waals surface area contributed by atoms with Crippen molar-refractivity contribution in [2.45, 2.75) is 111 Å². The summed E-state index contributed by atoms with van der Waals surface area (Å²) in [6.07, 6.45) is 17.5. The molecule has 0 aromatic heterocycles. The Morgan fingerprint density at radius 2 is 1.75 bits per heavy atom. The molecule has 8 atom stereocenters. The standard InChI is InChI=1S/C39H56O5/c1-7-36(40)43-24-23-42-30-14-11-28(12-15-30)37(41)44-31-19-21-38(5)29(25-31)13-16-32-34-18-17-33(27(4)10-8-9-26(2)3)39(34,6)22-20-35(32)38/h7,11-15,26-27,31-35H,1,8-10,16-25H2,2-6H3/t27-,31?,32+,33-,34+,35+,38+,39-/m1/s1. The molecule has 0 bridgehead atoms. The first kappa shape index (κ1) is 32.8. The molecule has 5 nitrogen and oxygen atoms in total. The van der Waals surface area contributed by atoms with Crippen LogP contribution in [0.4, 0.5) is 0 Å². The van der Waals surface area contributed by atoms with Gasteiger partial charge in [0.1, 0.15) is 25.1 Å². The van der Waals surface area contributed by atoms with E-state index in [1.807, 2.05) is 0 Å². The topological polar surface area (TPSA) is 61.8 Å². The van der Waals surface area contributed by atoms with Crippen LogP contribution in [0.5, 0.6) is 5.75 Å². The van der Waals surface area contributed by atoms with Crippen LogP contribution in [0.1, 0.15) is 116 Å². The van der Waals surface area contributed by atoms with Gasteiger partial charge in [0.15, 0.2) is 0 Å². The normalized spacial score (nSPS) is 33.3. The largest absolute Gasteiger partial charge is 0.490 e. The second-order valence-electron chi connectivity index (χ2n) is 15.3. The van der Waals surface area contributed by atoms with Crippen molar-refractivity contribution >= 4 is 11.9 Å². The Labute approximate surface area is 266 Å². The fourth-order valence-electron chi connectivity index (χ4n) is 10.0. The van der Waals surface area contributed by atoms with Crippen LogP contribution in [0, 0.1) is 46.3 Å². The molecule has 1 unspecified atom stereocenters. The molecule has 0 spiro atoms. The Morgan fingerprint density at radius 3 is 2.48 bits per heavy atom. The van der Waals surface area contributed by atoms with Crippen molar-refractivity contribution in [1.29, 1.82) is 0 Å². The van der Waals surface area contributed by atoms with Crippen molar-refractivity contribution in [3.8, 4) is 5.75 Å². The third kappa shape index (κ3) is 6.82. The smallest absolute Gasteiger partial charge is 0.338 e. The fraction of sp³-hybridized carbons (Fsp3) is 0.692. The highest BCUT2D eigenvalue weighted by Gasteiger charge is 2.59. The van der Waals surface area contributed by atoms with Gasteiger partial charge >= 0.3 is 11.9 Å². The number of hydrogen-bond acceptors (Lipinski definition) is 5. The average Bonchev–Trinajstić information content (AvgIpc) is 3.36. The SMILES string of the molecule is C=CC(=O)OCCOc1ccc(C(=O)OC2CC[C@@]3(C)C(=CC[C@H]4[C@@H]5CC[C@H]([C@H](C)CCCC(C)C)[C@@]5(C)CC[C@@H]43)C2)cc1. The maximum atomic E-state index is 13.1.